The van der Waals surface area contributed by atoms with Crippen molar-refractivity contribution in [3.8, 4) is 0 Å². The van der Waals surface area contributed by atoms with E-state index in [9.17, 15) is 0 Å². The van der Waals surface area contributed by atoms with Crippen LogP contribution in [-0.2, 0) is 0 Å². The van der Waals surface area contributed by atoms with Crippen molar-refractivity contribution >= 4 is 0 Å². The summed E-state index contributed by atoms with van der Waals surface area (Å²) in [5.41, 5.74) is 0. The van der Waals surface area contributed by atoms with E-state index in [1.54, 1.807) is 0 Å². The van der Waals surface area contributed by atoms with Gasteiger partial charge in [0.2, 0.25) is 0 Å². The molecule has 0 amide bonds. The average Bonchev–Trinajstić information content (AvgIpc) is 2.74. The smallest absolute Gasteiger partial charge is 0.0113 e. The van der Waals surface area contributed by atoms with Crippen LogP contribution >= 0.6 is 0 Å². The Balaban J connectivity index is 1.91. The standard InChI is InChI=1S/C9H18N2/c1-8-4-5-10-6-7-11(8)9-2-3-9/h8-10H,2-7H2,1H3. The molecule has 1 N–H and O–H groups in total. The summed E-state index contributed by atoms with van der Waals surface area (Å²) in [5, 5.41) is 3.45. The second-order valence-corrected chi connectivity index (χ2v) is 3.86. The molecular formula is C9H18N2. The fourth-order valence-corrected chi connectivity index (χ4v) is 1.98. The lowest BCUT2D eigenvalue weighted by Gasteiger charge is -2.25. The third-order valence-electron chi connectivity index (χ3n) is 2.87. The highest BCUT2D eigenvalue weighted by Gasteiger charge is 2.32. The first kappa shape index (κ1) is 7.56. The lowest BCUT2D eigenvalue weighted by Crippen LogP contribution is -2.36. The molecule has 1 atom stereocenters. The van der Waals surface area contributed by atoms with E-state index in [2.05, 4.69) is 17.1 Å². The van der Waals surface area contributed by atoms with Crippen molar-refractivity contribution in [3.63, 3.8) is 0 Å². The highest BCUT2D eigenvalue weighted by atomic mass is 15.2. The van der Waals surface area contributed by atoms with Crippen LogP contribution in [0.5, 0.6) is 0 Å². The summed E-state index contributed by atoms with van der Waals surface area (Å²) < 4.78 is 0. The molecule has 2 fully saturated rings. The summed E-state index contributed by atoms with van der Waals surface area (Å²) >= 11 is 0. The number of hydrogen-bond acceptors (Lipinski definition) is 2. The molecule has 1 saturated heterocycles. The van der Waals surface area contributed by atoms with E-state index in [1.807, 2.05) is 0 Å². The van der Waals surface area contributed by atoms with Gasteiger partial charge in [-0.3, -0.25) is 4.90 Å². The molecule has 0 aromatic rings. The number of rotatable bonds is 1. The van der Waals surface area contributed by atoms with Gasteiger partial charge in [0.15, 0.2) is 0 Å². The van der Waals surface area contributed by atoms with Gasteiger partial charge in [-0.1, -0.05) is 0 Å². The molecule has 0 radical (unpaired) electrons. The van der Waals surface area contributed by atoms with Crippen LogP contribution in [-0.4, -0.2) is 36.6 Å². The van der Waals surface area contributed by atoms with Gasteiger partial charge in [0.1, 0.15) is 0 Å². The van der Waals surface area contributed by atoms with Gasteiger partial charge in [-0.05, 0) is 32.7 Å². The van der Waals surface area contributed by atoms with Crippen LogP contribution in [0, 0.1) is 0 Å². The van der Waals surface area contributed by atoms with Gasteiger partial charge in [0.25, 0.3) is 0 Å². The molecule has 1 heterocycles. The Morgan fingerprint density at radius 3 is 2.73 bits per heavy atom. The molecule has 0 aromatic heterocycles. The van der Waals surface area contributed by atoms with Gasteiger partial charge < -0.3 is 5.32 Å². The normalized spacial score (nSPS) is 35.2. The molecule has 2 rings (SSSR count). The van der Waals surface area contributed by atoms with Crippen molar-refractivity contribution in [2.75, 3.05) is 19.6 Å². The first-order chi connectivity index (χ1) is 5.38. The Morgan fingerprint density at radius 1 is 1.18 bits per heavy atom. The molecule has 1 saturated carbocycles. The minimum atomic E-state index is 0.817. The average molecular weight is 154 g/mol. The molecule has 2 aliphatic rings. The van der Waals surface area contributed by atoms with Gasteiger partial charge >= 0.3 is 0 Å². The fraction of sp³-hybridized carbons (Fsp3) is 1.00. The van der Waals surface area contributed by atoms with Crippen LogP contribution in [0.25, 0.3) is 0 Å². The first-order valence-electron chi connectivity index (χ1n) is 4.84. The van der Waals surface area contributed by atoms with E-state index in [0.717, 1.165) is 12.1 Å². The zero-order valence-corrected chi connectivity index (χ0v) is 7.34. The van der Waals surface area contributed by atoms with Gasteiger partial charge in [-0.25, -0.2) is 0 Å². The fourth-order valence-electron chi connectivity index (χ4n) is 1.98. The quantitative estimate of drug-likeness (QED) is 0.602. The molecule has 1 aliphatic heterocycles. The van der Waals surface area contributed by atoms with E-state index in [4.69, 9.17) is 0 Å². The summed E-state index contributed by atoms with van der Waals surface area (Å²) in [6.45, 7) is 6.04. The topological polar surface area (TPSA) is 15.3 Å². The van der Waals surface area contributed by atoms with Crippen molar-refractivity contribution in [3.05, 3.63) is 0 Å². The molecule has 11 heavy (non-hydrogen) atoms. The number of nitrogens with zero attached hydrogens (tertiary/aromatic N) is 1. The van der Waals surface area contributed by atoms with Crippen LogP contribution in [0.1, 0.15) is 26.2 Å². The Morgan fingerprint density at radius 2 is 2.00 bits per heavy atom. The molecule has 1 aliphatic carbocycles. The Bertz CT molecular complexity index is 132. The molecule has 2 heteroatoms. The molecule has 1 unspecified atom stereocenters. The summed E-state index contributed by atoms with van der Waals surface area (Å²) in [6, 6.07) is 1.77. The zero-order chi connectivity index (χ0) is 7.68. The second kappa shape index (κ2) is 3.11. The van der Waals surface area contributed by atoms with Gasteiger partial charge in [-0.2, -0.15) is 0 Å². The molecule has 0 bridgehead atoms. The highest BCUT2D eigenvalue weighted by Crippen LogP contribution is 2.29. The second-order valence-electron chi connectivity index (χ2n) is 3.86. The third kappa shape index (κ3) is 1.74. The number of hydrogen-bond donors (Lipinski definition) is 1. The molecule has 0 spiro atoms. The SMILES string of the molecule is CC1CCNCCN1C1CC1. The van der Waals surface area contributed by atoms with Crippen molar-refractivity contribution in [1.82, 2.24) is 10.2 Å². The highest BCUT2D eigenvalue weighted by molar-refractivity contribution is 4.88. The van der Waals surface area contributed by atoms with Crippen molar-refractivity contribution in [1.29, 1.82) is 0 Å². The minimum absolute atomic E-state index is 0.817. The van der Waals surface area contributed by atoms with Crippen LogP contribution in [0.4, 0.5) is 0 Å². The maximum atomic E-state index is 3.45. The van der Waals surface area contributed by atoms with Gasteiger partial charge in [0, 0.05) is 25.2 Å². The Kier molecular flexibility index (Phi) is 2.14. The lowest BCUT2D eigenvalue weighted by molar-refractivity contribution is 0.210. The van der Waals surface area contributed by atoms with Gasteiger partial charge in [0.05, 0.1) is 0 Å². The van der Waals surface area contributed by atoms with Gasteiger partial charge in [-0.15, -0.1) is 0 Å². The monoisotopic (exact) mass is 154 g/mol. The predicted molar refractivity (Wildman–Crippen MR) is 46.7 cm³/mol. The Hall–Kier alpha value is -0.0800. The summed E-state index contributed by atoms with van der Waals surface area (Å²) in [7, 11) is 0. The van der Waals surface area contributed by atoms with Crippen molar-refractivity contribution < 1.29 is 0 Å². The molecule has 0 aromatic carbocycles. The Labute approximate surface area is 69.0 Å². The van der Waals surface area contributed by atoms with E-state index >= 15 is 0 Å². The molecule has 2 nitrogen and oxygen atoms in total. The largest absolute Gasteiger partial charge is 0.315 e. The van der Waals surface area contributed by atoms with Crippen LogP contribution in [0.3, 0.4) is 0 Å². The van der Waals surface area contributed by atoms with Crippen molar-refractivity contribution in [2.45, 2.75) is 38.3 Å². The van der Waals surface area contributed by atoms with Crippen LogP contribution < -0.4 is 5.32 Å². The summed E-state index contributed by atoms with van der Waals surface area (Å²) in [6.07, 6.45) is 4.23. The van der Waals surface area contributed by atoms with Crippen LogP contribution in [0.15, 0.2) is 0 Å². The van der Waals surface area contributed by atoms with Crippen molar-refractivity contribution in [2.24, 2.45) is 0 Å². The number of nitrogens with one attached hydrogen (secondary N) is 1. The summed E-state index contributed by atoms with van der Waals surface area (Å²) in [5.74, 6) is 0. The lowest BCUT2D eigenvalue weighted by atomic mass is 10.2. The maximum absolute atomic E-state index is 3.45. The molecular weight excluding hydrogens is 136 g/mol. The minimum Gasteiger partial charge on any atom is -0.315 e. The maximum Gasteiger partial charge on any atom is 0.0113 e. The molecule has 64 valence electrons. The summed E-state index contributed by atoms with van der Waals surface area (Å²) in [4.78, 5) is 2.68. The first-order valence-corrected chi connectivity index (χ1v) is 4.84. The van der Waals surface area contributed by atoms with E-state index in [1.165, 1.54) is 38.9 Å². The van der Waals surface area contributed by atoms with Crippen LogP contribution in [0.2, 0.25) is 0 Å². The zero-order valence-electron chi connectivity index (χ0n) is 7.34. The predicted octanol–water partition coefficient (Wildman–Crippen LogP) is 0.833. The third-order valence-corrected chi connectivity index (χ3v) is 2.87. The van der Waals surface area contributed by atoms with E-state index in [-0.39, 0.29) is 0 Å². The van der Waals surface area contributed by atoms with E-state index < -0.39 is 0 Å². The van der Waals surface area contributed by atoms with E-state index in [0.29, 0.717) is 0 Å².